The first-order valence-corrected chi connectivity index (χ1v) is 8.47. The molecule has 0 unspecified atom stereocenters. The summed E-state index contributed by atoms with van der Waals surface area (Å²) in [5.74, 6) is 0.121. The van der Waals surface area contributed by atoms with Crippen molar-refractivity contribution >= 4 is 22.2 Å². The van der Waals surface area contributed by atoms with Crippen molar-refractivity contribution in [2.24, 2.45) is 5.92 Å². The van der Waals surface area contributed by atoms with Crippen molar-refractivity contribution in [3.63, 3.8) is 0 Å². The molecule has 0 bridgehead atoms. The van der Waals surface area contributed by atoms with E-state index in [0.29, 0.717) is 16.5 Å². The summed E-state index contributed by atoms with van der Waals surface area (Å²) in [6.45, 7) is 2.21. The predicted molar refractivity (Wildman–Crippen MR) is 89.0 cm³/mol. The van der Waals surface area contributed by atoms with E-state index in [4.69, 9.17) is 0 Å². The smallest absolute Gasteiger partial charge is 0.229 e. The Kier molecular flexibility index (Phi) is 4.44. The van der Waals surface area contributed by atoms with E-state index < -0.39 is 0 Å². The molecule has 0 spiro atoms. The summed E-state index contributed by atoms with van der Waals surface area (Å²) < 4.78 is 12.9. The number of nitriles is 1. The van der Waals surface area contributed by atoms with Gasteiger partial charge in [0, 0.05) is 4.88 Å². The third-order valence-electron chi connectivity index (χ3n) is 4.15. The number of hydrogen-bond acceptors (Lipinski definition) is 3. The van der Waals surface area contributed by atoms with Crippen molar-refractivity contribution in [1.82, 2.24) is 0 Å². The zero-order chi connectivity index (χ0) is 16.4. The second-order valence-electron chi connectivity index (χ2n) is 6.02. The Hall–Kier alpha value is -2.19. The maximum atomic E-state index is 12.9. The van der Waals surface area contributed by atoms with Crippen LogP contribution in [-0.2, 0) is 24.1 Å². The van der Waals surface area contributed by atoms with Crippen LogP contribution in [-0.4, -0.2) is 5.91 Å². The minimum Gasteiger partial charge on any atom is -0.316 e. The zero-order valence-corrected chi connectivity index (χ0v) is 13.7. The molecule has 1 aromatic carbocycles. The minimum absolute atomic E-state index is 0.171. The summed E-state index contributed by atoms with van der Waals surface area (Å²) in [7, 11) is 0. The first kappa shape index (κ1) is 15.7. The number of nitrogens with zero attached hydrogens (tertiary/aromatic N) is 1. The fourth-order valence-corrected chi connectivity index (χ4v) is 4.29. The quantitative estimate of drug-likeness (QED) is 0.923. The largest absolute Gasteiger partial charge is 0.316 e. The molecule has 1 N–H and O–H groups in total. The number of nitrogens with one attached hydrogen (secondary N) is 1. The van der Waals surface area contributed by atoms with Crippen LogP contribution in [0.4, 0.5) is 9.39 Å². The molecule has 3 nitrogen and oxygen atoms in total. The highest BCUT2D eigenvalue weighted by Crippen LogP contribution is 2.39. The molecule has 1 amide bonds. The number of fused-ring (bicyclic) bond motifs is 1. The summed E-state index contributed by atoms with van der Waals surface area (Å²) >= 11 is 1.52. The molecule has 1 heterocycles. The Morgan fingerprint density at radius 3 is 2.87 bits per heavy atom. The van der Waals surface area contributed by atoms with Crippen molar-refractivity contribution in [2.45, 2.75) is 32.6 Å². The Bertz CT molecular complexity index is 774. The lowest BCUT2D eigenvalue weighted by molar-refractivity contribution is -0.115. The van der Waals surface area contributed by atoms with Crippen molar-refractivity contribution in [1.29, 1.82) is 5.26 Å². The van der Waals surface area contributed by atoms with Crippen molar-refractivity contribution < 1.29 is 9.18 Å². The van der Waals surface area contributed by atoms with E-state index in [0.717, 1.165) is 30.4 Å². The van der Waals surface area contributed by atoms with Gasteiger partial charge in [-0.2, -0.15) is 5.26 Å². The highest BCUT2D eigenvalue weighted by atomic mass is 32.1. The number of rotatable bonds is 3. The standard InChI is InChI=1S/C18H17FN2OS/c1-11-2-7-14-15(10-20)18(23-16(14)8-11)21-17(22)9-12-3-5-13(19)6-4-12/h3-6,11H,2,7-9H2,1H3,(H,21,22)/t11-/m0/s1. The van der Waals surface area contributed by atoms with E-state index in [-0.39, 0.29) is 18.1 Å². The minimum atomic E-state index is -0.319. The van der Waals surface area contributed by atoms with Crippen LogP contribution in [0.15, 0.2) is 24.3 Å². The lowest BCUT2D eigenvalue weighted by Gasteiger charge is -2.17. The van der Waals surface area contributed by atoms with Gasteiger partial charge in [0.05, 0.1) is 12.0 Å². The summed E-state index contributed by atoms with van der Waals surface area (Å²) in [6.07, 6.45) is 3.14. The summed E-state index contributed by atoms with van der Waals surface area (Å²) in [5, 5.41) is 12.9. The van der Waals surface area contributed by atoms with Gasteiger partial charge in [-0.1, -0.05) is 19.1 Å². The normalized spacial score (nSPS) is 16.5. The van der Waals surface area contributed by atoms with Crippen LogP contribution in [0.3, 0.4) is 0 Å². The van der Waals surface area contributed by atoms with Gasteiger partial charge < -0.3 is 5.32 Å². The number of halogens is 1. The fraction of sp³-hybridized carbons (Fsp3) is 0.333. The average Bonchev–Trinajstić information content (AvgIpc) is 2.85. The lowest BCUT2D eigenvalue weighted by Crippen LogP contribution is -2.14. The van der Waals surface area contributed by atoms with Gasteiger partial charge in [0.25, 0.3) is 0 Å². The van der Waals surface area contributed by atoms with E-state index >= 15 is 0 Å². The molecule has 1 aliphatic carbocycles. The van der Waals surface area contributed by atoms with Gasteiger partial charge in [0.1, 0.15) is 16.9 Å². The Morgan fingerprint density at radius 2 is 2.17 bits per heavy atom. The van der Waals surface area contributed by atoms with Gasteiger partial charge in [-0.05, 0) is 48.4 Å². The van der Waals surface area contributed by atoms with Crippen molar-refractivity contribution in [3.8, 4) is 6.07 Å². The van der Waals surface area contributed by atoms with Gasteiger partial charge in [-0.15, -0.1) is 11.3 Å². The van der Waals surface area contributed by atoms with E-state index in [9.17, 15) is 14.4 Å². The molecule has 2 aromatic rings. The Balaban J connectivity index is 1.76. The van der Waals surface area contributed by atoms with Crippen LogP contribution < -0.4 is 5.32 Å². The molecule has 1 aromatic heterocycles. The number of amides is 1. The average molecular weight is 328 g/mol. The molecular formula is C18H17FN2OS. The third kappa shape index (κ3) is 3.43. The Morgan fingerprint density at radius 1 is 1.43 bits per heavy atom. The number of anilines is 1. The fourth-order valence-electron chi connectivity index (χ4n) is 2.92. The first-order chi connectivity index (χ1) is 11.1. The maximum absolute atomic E-state index is 12.9. The van der Waals surface area contributed by atoms with E-state index in [1.54, 1.807) is 12.1 Å². The van der Waals surface area contributed by atoms with E-state index in [1.165, 1.54) is 28.3 Å². The highest BCUT2D eigenvalue weighted by molar-refractivity contribution is 7.16. The van der Waals surface area contributed by atoms with Crippen LogP contribution in [0.25, 0.3) is 0 Å². The first-order valence-electron chi connectivity index (χ1n) is 7.65. The number of carbonyl (C=O) groups is 1. The molecule has 118 valence electrons. The van der Waals surface area contributed by atoms with Gasteiger partial charge in [0.2, 0.25) is 5.91 Å². The zero-order valence-electron chi connectivity index (χ0n) is 12.9. The molecule has 0 aliphatic heterocycles. The topological polar surface area (TPSA) is 52.9 Å². The van der Waals surface area contributed by atoms with Crippen LogP contribution in [0, 0.1) is 23.1 Å². The van der Waals surface area contributed by atoms with E-state index in [2.05, 4.69) is 18.3 Å². The molecule has 1 atom stereocenters. The van der Waals surface area contributed by atoms with Gasteiger partial charge >= 0.3 is 0 Å². The molecule has 0 saturated heterocycles. The second kappa shape index (κ2) is 6.51. The van der Waals surface area contributed by atoms with Crippen molar-refractivity contribution in [2.75, 3.05) is 5.32 Å². The number of benzene rings is 1. The van der Waals surface area contributed by atoms with Crippen LogP contribution in [0.5, 0.6) is 0 Å². The molecule has 0 radical (unpaired) electrons. The summed E-state index contributed by atoms with van der Waals surface area (Å²) in [5.41, 5.74) is 2.47. The number of thiophene rings is 1. The molecule has 3 rings (SSSR count). The van der Waals surface area contributed by atoms with Crippen LogP contribution >= 0.6 is 11.3 Å². The van der Waals surface area contributed by atoms with Gasteiger partial charge in [0.15, 0.2) is 0 Å². The lowest BCUT2D eigenvalue weighted by atomic mass is 9.88. The second-order valence-corrected chi connectivity index (χ2v) is 7.12. The number of carbonyl (C=O) groups excluding carboxylic acids is 1. The molecule has 1 aliphatic rings. The molecule has 23 heavy (non-hydrogen) atoms. The van der Waals surface area contributed by atoms with Gasteiger partial charge in [-0.3, -0.25) is 4.79 Å². The molecule has 0 saturated carbocycles. The summed E-state index contributed by atoms with van der Waals surface area (Å²) in [6, 6.07) is 8.12. The maximum Gasteiger partial charge on any atom is 0.229 e. The third-order valence-corrected chi connectivity index (χ3v) is 5.32. The van der Waals surface area contributed by atoms with Crippen LogP contribution in [0.2, 0.25) is 0 Å². The van der Waals surface area contributed by atoms with Crippen molar-refractivity contribution in [3.05, 3.63) is 51.7 Å². The number of hydrogen-bond donors (Lipinski definition) is 1. The Labute approximate surface area is 138 Å². The monoisotopic (exact) mass is 328 g/mol. The predicted octanol–water partition coefficient (Wildman–Crippen LogP) is 4.06. The summed E-state index contributed by atoms with van der Waals surface area (Å²) in [4.78, 5) is 13.4. The molecule has 5 heteroatoms. The molecular weight excluding hydrogens is 311 g/mol. The molecule has 0 fully saturated rings. The van der Waals surface area contributed by atoms with Crippen LogP contribution in [0.1, 0.15) is 34.9 Å². The van der Waals surface area contributed by atoms with Gasteiger partial charge in [-0.25, -0.2) is 4.39 Å². The highest BCUT2D eigenvalue weighted by Gasteiger charge is 2.24. The SMILES string of the molecule is C[C@H]1CCc2c(sc(NC(=O)Cc3ccc(F)cc3)c2C#N)C1. The van der Waals surface area contributed by atoms with E-state index in [1.807, 2.05) is 0 Å².